The zero-order chi connectivity index (χ0) is 18.6. The Morgan fingerprint density at radius 1 is 1.40 bits per heavy atom. The molecule has 0 saturated carbocycles. The minimum absolute atomic E-state index is 0.273. The Kier molecular flexibility index (Phi) is 6.24. The summed E-state index contributed by atoms with van der Waals surface area (Å²) in [5.41, 5.74) is 8.74. The van der Waals surface area contributed by atoms with Crippen LogP contribution >= 0.6 is 12.2 Å². The van der Waals surface area contributed by atoms with E-state index in [1.807, 2.05) is 45.0 Å². The zero-order valence-corrected chi connectivity index (χ0v) is 16.4. The first-order valence-corrected chi connectivity index (χ1v) is 8.93. The number of para-hydroxylation sites is 1. The predicted molar refractivity (Wildman–Crippen MR) is 110 cm³/mol. The van der Waals surface area contributed by atoms with Gasteiger partial charge in [-0.2, -0.15) is 0 Å². The molecular weight excluding hydrogens is 328 g/mol. The van der Waals surface area contributed by atoms with Crippen LogP contribution in [0.2, 0.25) is 0 Å². The van der Waals surface area contributed by atoms with Gasteiger partial charge in [-0.3, -0.25) is 0 Å². The van der Waals surface area contributed by atoms with Crippen molar-refractivity contribution in [2.45, 2.75) is 40.7 Å². The van der Waals surface area contributed by atoms with Crippen LogP contribution in [0.1, 0.15) is 39.0 Å². The third kappa shape index (κ3) is 4.22. The molecule has 0 atom stereocenters. The highest BCUT2D eigenvalue weighted by atomic mass is 32.1. The molecular formula is C21H26N2OS. The molecule has 0 unspecified atom stereocenters. The molecule has 3 nitrogen and oxygen atoms in total. The number of pyridine rings is 1. The fourth-order valence-corrected chi connectivity index (χ4v) is 2.99. The molecule has 0 amide bonds. The summed E-state index contributed by atoms with van der Waals surface area (Å²) in [6, 6.07) is 8.38. The molecule has 2 aromatic rings. The number of nitrogens with one attached hydrogen (secondary N) is 2. The predicted octanol–water partition coefficient (Wildman–Crippen LogP) is 6.13. The number of H-pyrrole nitrogens is 1. The third-order valence-electron chi connectivity index (χ3n) is 3.90. The second-order valence-electron chi connectivity index (χ2n) is 6.28. The first kappa shape index (κ1) is 19.0. The van der Waals surface area contributed by atoms with Crippen molar-refractivity contribution in [2.24, 2.45) is 0 Å². The van der Waals surface area contributed by atoms with Crippen LogP contribution in [-0.4, -0.2) is 17.6 Å². The van der Waals surface area contributed by atoms with E-state index in [1.54, 1.807) is 0 Å². The van der Waals surface area contributed by atoms with Crippen molar-refractivity contribution in [1.29, 1.82) is 0 Å². The van der Waals surface area contributed by atoms with Gasteiger partial charge < -0.3 is 15.0 Å². The van der Waals surface area contributed by atoms with Gasteiger partial charge >= 0.3 is 0 Å². The van der Waals surface area contributed by atoms with Crippen molar-refractivity contribution in [3.05, 3.63) is 52.3 Å². The maximum absolute atomic E-state index is 5.88. The number of rotatable bonds is 6. The fourth-order valence-electron chi connectivity index (χ4n) is 2.71. The first-order chi connectivity index (χ1) is 11.9. The minimum Gasteiger partial charge on any atom is -0.493 e. The molecule has 0 spiro atoms. The highest BCUT2D eigenvalue weighted by molar-refractivity contribution is 7.71. The van der Waals surface area contributed by atoms with Crippen LogP contribution < -0.4 is 10.1 Å². The van der Waals surface area contributed by atoms with E-state index in [-0.39, 0.29) is 6.04 Å². The second-order valence-corrected chi connectivity index (χ2v) is 6.72. The van der Waals surface area contributed by atoms with E-state index in [2.05, 4.69) is 36.5 Å². The van der Waals surface area contributed by atoms with Crippen molar-refractivity contribution in [3.8, 4) is 17.0 Å². The smallest absolute Gasteiger partial charge is 0.131 e. The lowest BCUT2D eigenvalue weighted by molar-refractivity contribution is 0.339. The Balaban J connectivity index is 2.74. The van der Waals surface area contributed by atoms with E-state index < -0.39 is 0 Å². The average Bonchev–Trinajstić information content (AvgIpc) is 2.57. The summed E-state index contributed by atoms with van der Waals surface area (Å²) in [5.74, 6) is 0.881. The quantitative estimate of drug-likeness (QED) is 0.484. The van der Waals surface area contributed by atoms with Gasteiger partial charge in [0, 0.05) is 17.2 Å². The molecule has 4 heteroatoms. The van der Waals surface area contributed by atoms with E-state index >= 15 is 0 Å². The van der Waals surface area contributed by atoms with Crippen molar-refractivity contribution in [2.75, 3.05) is 11.9 Å². The molecule has 25 heavy (non-hydrogen) atoms. The lowest BCUT2D eigenvalue weighted by Crippen LogP contribution is -2.13. The SMILES string of the molecule is C=C=C(C)c1[nH]c(-c2cccc(C)c2OCC)cc(=S)c1NC(C)C. The Bertz CT molecular complexity index is 874. The van der Waals surface area contributed by atoms with Crippen LogP contribution in [0, 0.1) is 11.4 Å². The molecule has 1 aromatic carbocycles. The van der Waals surface area contributed by atoms with E-state index in [9.17, 15) is 0 Å². The molecule has 0 aliphatic heterocycles. The highest BCUT2D eigenvalue weighted by Gasteiger charge is 2.14. The summed E-state index contributed by atoms with van der Waals surface area (Å²) in [6.07, 6.45) is 0. The van der Waals surface area contributed by atoms with Gasteiger partial charge in [-0.15, -0.1) is 5.73 Å². The van der Waals surface area contributed by atoms with Gasteiger partial charge in [-0.25, -0.2) is 0 Å². The number of aromatic nitrogens is 1. The van der Waals surface area contributed by atoms with E-state index in [4.69, 9.17) is 17.0 Å². The van der Waals surface area contributed by atoms with Gasteiger partial charge in [0.05, 0.1) is 28.2 Å². The Hall–Kier alpha value is -2.29. The largest absolute Gasteiger partial charge is 0.493 e. The van der Waals surface area contributed by atoms with Crippen LogP contribution in [0.5, 0.6) is 5.75 Å². The fraction of sp³-hybridized carbons (Fsp3) is 0.333. The molecule has 132 valence electrons. The van der Waals surface area contributed by atoms with E-state index in [0.717, 1.165) is 44.0 Å². The van der Waals surface area contributed by atoms with Crippen molar-refractivity contribution < 1.29 is 4.74 Å². The van der Waals surface area contributed by atoms with Gasteiger partial charge in [-0.1, -0.05) is 30.9 Å². The molecule has 2 N–H and O–H groups in total. The highest BCUT2D eigenvalue weighted by Crippen LogP contribution is 2.35. The van der Waals surface area contributed by atoms with Crippen molar-refractivity contribution in [1.82, 2.24) is 4.98 Å². The molecule has 0 fully saturated rings. The summed E-state index contributed by atoms with van der Waals surface area (Å²) in [6.45, 7) is 14.6. The maximum atomic E-state index is 5.88. The summed E-state index contributed by atoms with van der Waals surface area (Å²) in [5, 5.41) is 3.43. The van der Waals surface area contributed by atoms with Crippen LogP contribution in [0.25, 0.3) is 16.8 Å². The number of aromatic amines is 1. The van der Waals surface area contributed by atoms with Crippen LogP contribution in [-0.2, 0) is 0 Å². The summed E-state index contributed by atoms with van der Waals surface area (Å²) >= 11 is 5.67. The Labute approximate surface area is 155 Å². The van der Waals surface area contributed by atoms with Crippen LogP contribution in [0.3, 0.4) is 0 Å². The van der Waals surface area contributed by atoms with E-state index in [1.165, 1.54) is 0 Å². The molecule has 2 rings (SSSR count). The van der Waals surface area contributed by atoms with Crippen molar-refractivity contribution >= 4 is 23.5 Å². The summed E-state index contributed by atoms with van der Waals surface area (Å²) in [7, 11) is 0. The van der Waals surface area contributed by atoms with Gasteiger partial charge in [0.1, 0.15) is 5.75 Å². The summed E-state index contributed by atoms with van der Waals surface area (Å²) < 4.78 is 6.64. The lowest BCUT2D eigenvalue weighted by atomic mass is 10.0. The topological polar surface area (TPSA) is 37.0 Å². The molecule has 0 aliphatic rings. The zero-order valence-electron chi connectivity index (χ0n) is 15.6. The third-order valence-corrected chi connectivity index (χ3v) is 4.22. The Morgan fingerprint density at radius 3 is 2.72 bits per heavy atom. The molecule has 0 bridgehead atoms. The number of aryl methyl sites for hydroxylation is 1. The van der Waals surface area contributed by atoms with E-state index in [0.29, 0.717) is 6.61 Å². The standard InChI is InChI=1S/C21H26N2OS/c1-7-14(5)19-20(22-13(3)4)18(25)12-17(23-19)16-11-9-10-15(6)21(16)24-8-2/h9-13,22H,1,8H2,2-6H3,(H,23,25). The molecule has 1 heterocycles. The molecule has 1 aromatic heterocycles. The second kappa shape index (κ2) is 8.19. The molecule has 0 saturated heterocycles. The molecule has 0 aliphatic carbocycles. The number of benzene rings is 1. The lowest BCUT2D eigenvalue weighted by Gasteiger charge is -2.18. The number of hydrogen-bond acceptors (Lipinski definition) is 3. The first-order valence-electron chi connectivity index (χ1n) is 8.52. The number of hydrogen-bond donors (Lipinski definition) is 2. The van der Waals surface area contributed by atoms with Crippen LogP contribution in [0.4, 0.5) is 5.69 Å². The van der Waals surface area contributed by atoms with Crippen molar-refractivity contribution in [3.63, 3.8) is 0 Å². The maximum Gasteiger partial charge on any atom is 0.131 e. The number of ether oxygens (including phenoxy) is 1. The van der Waals surface area contributed by atoms with Gasteiger partial charge in [-0.05, 0) is 52.3 Å². The Morgan fingerprint density at radius 2 is 2.12 bits per heavy atom. The minimum atomic E-state index is 0.273. The van der Waals surface area contributed by atoms with Gasteiger partial charge in [0.15, 0.2) is 0 Å². The van der Waals surface area contributed by atoms with Gasteiger partial charge in [0.2, 0.25) is 0 Å². The number of allylic oxidation sites excluding steroid dienone is 1. The number of anilines is 1. The summed E-state index contributed by atoms with van der Waals surface area (Å²) in [4.78, 5) is 3.50. The normalized spacial score (nSPS) is 10.5. The average molecular weight is 355 g/mol. The monoisotopic (exact) mass is 354 g/mol. The van der Waals surface area contributed by atoms with Gasteiger partial charge in [0.25, 0.3) is 0 Å². The van der Waals surface area contributed by atoms with Crippen LogP contribution in [0.15, 0.2) is 36.6 Å². The molecule has 0 radical (unpaired) electrons.